The Kier molecular flexibility index (Phi) is 7.86. The van der Waals surface area contributed by atoms with Crippen molar-refractivity contribution >= 4 is 22.4 Å². The Labute approximate surface area is 207 Å². The molecule has 7 heteroatoms. The minimum atomic E-state index is -0.226. The van der Waals surface area contributed by atoms with Crippen LogP contribution in [0.25, 0.3) is 10.8 Å². The second kappa shape index (κ2) is 11.0. The highest BCUT2D eigenvalue weighted by molar-refractivity contribution is 6.04. The molecule has 1 fully saturated rings. The largest absolute Gasteiger partial charge is 0.369 e. The fourth-order valence-corrected chi connectivity index (χ4v) is 4.67. The van der Waals surface area contributed by atoms with Crippen molar-refractivity contribution in [3.8, 4) is 0 Å². The first kappa shape index (κ1) is 24.9. The van der Waals surface area contributed by atoms with Gasteiger partial charge >= 0.3 is 0 Å². The van der Waals surface area contributed by atoms with Crippen LogP contribution in [0.2, 0.25) is 0 Å². The third kappa shape index (κ3) is 6.09. The summed E-state index contributed by atoms with van der Waals surface area (Å²) in [6.07, 6.45) is 0.861. The molecule has 1 amide bonds. The molecular formula is C28H37N5O2. The molecule has 1 N–H and O–H groups in total. The van der Waals surface area contributed by atoms with Gasteiger partial charge in [-0.2, -0.15) is 5.10 Å². The number of carbonyl (C=O) groups is 1. The van der Waals surface area contributed by atoms with Gasteiger partial charge in [-0.1, -0.05) is 44.2 Å². The van der Waals surface area contributed by atoms with Gasteiger partial charge < -0.3 is 10.2 Å². The fourth-order valence-electron chi connectivity index (χ4n) is 4.67. The molecule has 0 saturated carbocycles. The monoisotopic (exact) mass is 475 g/mol. The van der Waals surface area contributed by atoms with E-state index in [2.05, 4.69) is 51.4 Å². The number of nitrogens with one attached hydrogen (secondary N) is 1. The van der Waals surface area contributed by atoms with Crippen LogP contribution >= 0.6 is 0 Å². The zero-order valence-electron chi connectivity index (χ0n) is 21.3. The number of aryl methyl sites for hydroxylation is 1. The summed E-state index contributed by atoms with van der Waals surface area (Å²) in [5, 5.41) is 8.72. The topological polar surface area (TPSA) is 70.5 Å². The van der Waals surface area contributed by atoms with Crippen LogP contribution in [0, 0.1) is 12.8 Å². The number of hydrogen-bond donors (Lipinski definition) is 1. The second-order valence-electron chi connectivity index (χ2n) is 10.1. The predicted octanol–water partition coefficient (Wildman–Crippen LogP) is 3.69. The van der Waals surface area contributed by atoms with Crippen LogP contribution in [-0.4, -0.2) is 59.4 Å². The summed E-state index contributed by atoms with van der Waals surface area (Å²) in [5.41, 5.74) is 2.75. The molecule has 1 aliphatic heterocycles. The summed E-state index contributed by atoms with van der Waals surface area (Å²) in [7, 11) is 0. The Balaban J connectivity index is 1.35. The van der Waals surface area contributed by atoms with Gasteiger partial charge in [0.2, 0.25) is 0 Å². The van der Waals surface area contributed by atoms with E-state index in [1.165, 1.54) is 15.9 Å². The van der Waals surface area contributed by atoms with Crippen molar-refractivity contribution in [1.29, 1.82) is 0 Å². The Morgan fingerprint density at radius 3 is 2.40 bits per heavy atom. The molecule has 3 aromatic rings. The van der Waals surface area contributed by atoms with Gasteiger partial charge in [-0.3, -0.25) is 14.5 Å². The summed E-state index contributed by atoms with van der Waals surface area (Å²) in [4.78, 5) is 30.9. The standard InChI is InChI=1S/C28H37N5O2/c1-20(2)19-33-28(35)25-11-6-5-10-24(25)26(30-33)27(34)29-22(4)12-13-31-14-16-32(17-15-31)23-9-7-8-21(3)18-23/h5-11,18,20,22H,12-17,19H2,1-4H3,(H,29,34). The fraction of sp³-hybridized carbons (Fsp3) is 0.464. The van der Waals surface area contributed by atoms with Gasteiger partial charge in [0, 0.05) is 56.4 Å². The number of benzene rings is 2. The molecule has 2 aromatic carbocycles. The van der Waals surface area contributed by atoms with Crippen LogP contribution in [0.15, 0.2) is 53.3 Å². The molecule has 0 radical (unpaired) electrons. The number of fused-ring (bicyclic) bond motifs is 1. The highest BCUT2D eigenvalue weighted by Crippen LogP contribution is 2.18. The average Bonchev–Trinajstić information content (AvgIpc) is 2.84. The van der Waals surface area contributed by atoms with E-state index in [0.717, 1.165) is 39.1 Å². The molecule has 1 atom stereocenters. The first-order chi connectivity index (χ1) is 16.8. The molecule has 186 valence electrons. The maximum Gasteiger partial charge on any atom is 0.274 e. The number of nitrogens with zero attached hydrogens (tertiary/aromatic N) is 4. The number of hydrogen-bond acceptors (Lipinski definition) is 5. The predicted molar refractivity (Wildman–Crippen MR) is 142 cm³/mol. The lowest BCUT2D eigenvalue weighted by Crippen LogP contribution is -2.47. The molecule has 0 aliphatic carbocycles. The number of rotatable bonds is 8. The van der Waals surface area contributed by atoms with Crippen LogP contribution in [0.3, 0.4) is 0 Å². The van der Waals surface area contributed by atoms with E-state index in [9.17, 15) is 9.59 Å². The molecule has 2 heterocycles. The highest BCUT2D eigenvalue weighted by Gasteiger charge is 2.21. The van der Waals surface area contributed by atoms with Crippen LogP contribution in [0.1, 0.15) is 43.2 Å². The van der Waals surface area contributed by atoms with Crippen molar-refractivity contribution in [3.63, 3.8) is 0 Å². The molecule has 1 saturated heterocycles. The van der Waals surface area contributed by atoms with Gasteiger partial charge in [-0.25, -0.2) is 4.68 Å². The lowest BCUT2D eigenvalue weighted by Gasteiger charge is -2.36. The molecule has 1 aromatic heterocycles. The first-order valence-corrected chi connectivity index (χ1v) is 12.7. The van der Waals surface area contributed by atoms with Gasteiger partial charge in [0.05, 0.1) is 5.39 Å². The maximum absolute atomic E-state index is 13.2. The zero-order chi connectivity index (χ0) is 24.9. The van der Waals surface area contributed by atoms with Crippen LogP contribution in [0.4, 0.5) is 5.69 Å². The Morgan fingerprint density at radius 1 is 1.00 bits per heavy atom. The Morgan fingerprint density at radius 2 is 1.71 bits per heavy atom. The lowest BCUT2D eigenvalue weighted by atomic mass is 10.1. The quantitative estimate of drug-likeness (QED) is 0.538. The molecule has 7 nitrogen and oxygen atoms in total. The van der Waals surface area contributed by atoms with Gasteiger partial charge in [-0.05, 0) is 49.9 Å². The number of anilines is 1. The van der Waals surface area contributed by atoms with E-state index >= 15 is 0 Å². The SMILES string of the molecule is Cc1cccc(N2CCN(CCC(C)NC(=O)c3nn(CC(C)C)c(=O)c4ccccc34)CC2)c1. The third-order valence-electron chi connectivity index (χ3n) is 6.62. The van der Waals surface area contributed by atoms with Gasteiger partial charge in [0.1, 0.15) is 0 Å². The summed E-state index contributed by atoms with van der Waals surface area (Å²) >= 11 is 0. The van der Waals surface area contributed by atoms with Crippen molar-refractivity contribution in [3.05, 3.63) is 70.1 Å². The summed E-state index contributed by atoms with van der Waals surface area (Å²) < 4.78 is 1.43. The van der Waals surface area contributed by atoms with E-state index in [4.69, 9.17) is 0 Å². The Hall–Kier alpha value is -3.19. The smallest absolute Gasteiger partial charge is 0.274 e. The average molecular weight is 476 g/mol. The minimum absolute atomic E-state index is 0.00309. The van der Waals surface area contributed by atoms with Crippen LogP contribution < -0.4 is 15.8 Å². The van der Waals surface area contributed by atoms with Crippen molar-refractivity contribution in [2.24, 2.45) is 5.92 Å². The second-order valence-corrected chi connectivity index (χ2v) is 10.1. The van der Waals surface area contributed by atoms with E-state index in [1.807, 2.05) is 32.9 Å². The van der Waals surface area contributed by atoms with Gasteiger partial charge in [0.15, 0.2) is 5.69 Å². The molecule has 1 aliphatic rings. The normalized spacial score (nSPS) is 15.5. The van der Waals surface area contributed by atoms with Crippen molar-refractivity contribution in [1.82, 2.24) is 20.0 Å². The van der Waals surface area contributed by atoms with E-state index in [-0.39, 0.29) is 23.4 Å². The maximum atomic E-state index is 13.2. The van der Waals surface area contributed by atoms with Crippen molar-refractivity contribution < 1.29 is 4.79 Å². The first-order valence-electron chi connectivity index (χ1n) is 12.7. The molecule has 0 spiro atoms. The van der Waals surface area contributed by atoms with E-state index in [1.54, 1.807) is 12.1 Å². The number of aromatic nitrogens is 2. The highest BCUT2D eigenvalue weighted by atomic mass is 16.2. The molecular weight excluding hydrogens is 438 g/mol. The minimum Gasteiger partial charge on any atom is -0.369 e. The molecule has 0 bridgehead atoms. The Bertz CT molecular complexity index is 1230. The lowest BCUT2D eigenvalue weighted by molar-refractivity contribution is 0.0929. The number of carbonyl (C=O) groups excluding carboxylic acids is 1. The summed E-state index contributed by atoms with van der Waals surface area (Å²) in [5.74, 6) is 0.0260. The summed E-state index contributed by atoms with van der Waals surface area (Å²) in [6, 6.07) is 15.9. The zero-order valence-corrected chi connectivity index (χ0v) is 21.3. The van der Waals surface area contributed by atoms with E-state index < -0.39 is 0 Å². The van der Waals surface area contributed by atoms with Gasteiger partial charge in [0.25, 0.3) is 11.5 Å². The number of amides is 1. The van der Waals surface area contributed by atoms with Crippen LogP contribution in [0.5, 0.6) is 0 Å². The summed E-state index contributed by atoms with van der Waals surface area (Å²) in [6.45, 7) is 13.7. The van der Waals surface area contributed by atoms with Gasteiger partial charge in [-0.15, -0.1) is 0 Å². The van der Waals surface area contributed by atoms with Crippen molar-refractivity contribution in [2.75, 3.05) is 37.6 Å². The molecule has 1 unspecified atom stereocenters. The number of piperazine rings is 1. The third-order valence-corrected chi connectivity index (χ3v) is 6.62. The van der Waals surface area contributed by atoms with Crippen molar-refractivity contribution in [2.45, 2.75) is 46.7 Å². The molecule has 35 heavy (non-hydrogen) atoms. The van der Waals surface area contributed by atoms with E-state index in [0.29, 0.717) is 23.0 Å². The molecule has 4 rings (SSSR count). The van der Waals surface area contributed by atoms with Crippen LogP contribution in [-0.2, 0) is 6.54 Å².